The number of hydrogen-bond donors (Lipinski definition) is 5. The number of nitrogens with two attached hydrogens (primary N) is 1. The lowest BCUT2D eigenvalue weighted by Crippen LogP contribution is -2.33. The van der Waals surface area contributed by atoms with Crippen molar-refractivity contribution in [3.05, 3.63) is 35.9 Å². The number of nitrogens with one attached hydrogen (secondary N) is 3. The van der Waals surface area contributed by atoms with E-state index in [1.807, 2.05) is 24.3 Å². The number of carbonyl (C=O) groups is 1. The summed E-state index contributed by atoms with van der Waals surface area (Å²) in [4.78, 5) is 13.7. The summed E-state index contributed by atoms with van der Waals surface area (Å²) >= 11 is 0. The molecule has 7 nitrogen and oxygen atoms in total. The Morgan fingerprint density at radius 1 is 1.31 bits per heavy atom. The molecule has 1 heterocycles. The Labute approximate surface area is 153 Å². The Hall–Kier alpha value is -2.67. The first-order valence-corrected chi connectivity index (χ1v) is 8.87. The van der Waals surface area contributed by atoms with E-state index < -0.39 is 5.91 Å². The summed E-state index contributed by atoms with van der Waals surface area (Å²) in [6.45, 7) is 2.29. The number of allylic oxidation sites excluding steroid dienone is 1. The van der Waals surface area contributed by atoms with E-state index in [1.54, 1.807) is 0 Å². The zero-order valence-electron chi connectivity index (χ0n) is 14.9. The van der Waals surface area contributed by atoms with Gasteiger partial charge in [0.1, 0.15) is 5.84 Å². The van der Waals surface area contributed by atoms with Crippen LogP contribution in [0.1, 0.15) is 25.7 Å². The lowest BCUT2D eigenvalue weighted by Gasteiger charge is -2.33. The van der Waals surface area contributed by atoms with Crippen LogP contribution in [0.25, 0.3) is 0 Å². The first-order valence-electron chi connectivity index (χ1n) is 8.87. The summed E-state index contributed by atoms with van der Waals surface area (Å²) in [5.41, 5.74) is 7.02. The second kappa shape index (κ2) is 9.72. The fourth-order valence-electron chi connectivity index (χ4n) is 3.20. The Morgan fingerprint density at radius 3 is 2.50 bits per heavy atom. The van der Waals surface area contributed by atoms with Gasteiger partial charge in [0.25, 0.3) is 5.91 Å². The van der Waals surface area contributed by atoms with Gasteiger partial charge >= 0.3 is 0 Å². The number of carbonyl (C=O) groups excluding carboxylic acids is 1. The van der Waals surface area contributed by atoms with Crippen molar-refractivity contribution in [1.82, 2.24) is 0 Å². The number of amides is 1. The van der Waals surface area contributed by atoms with E-state index in [4.69, 9.17) is 21.7 Å². The van der Waals surface area contributed by atoms with E-state index in [2.05, 4.69) is 10.2 Å². The molecule has 0 aromatic heterocycles. The zero-order chi connectivity index (χ0) is 18.9. The number of nitrogens with zero attached hydrogens (tertiary/aromatic N) is 1. The minimum atomic E-state index is -0.744. The van der Waals surface area contributed by atoms with Crippen LogP contribution in [0, 0.1) is 16.7 Å². The molecule has 0 aliphatic carbocycles. The van der Waals surface area contributed by atoms with Gasteiger partial charge in [-0.3, -0.25) is 10.2 Å². The highest BCUT2D eigenvalue weighted by atomic mass is 16.2. The van der Waals surface area contributed by atoms with Gasteiger partial charge in [-0.25, -0.2) is 0 Å². The number of piperidine rings is 1. The van der Waals surface area contributed by atoms with Crippen LogP contribution in [0.3, 0.4) is 0 Å². The molecule has 0 saturated carbocycles. The van der Waals surface area contributed by atoms with Gasteiger partial charge < -0.3 is 26.5 Å². The number of primary amides is 1. The van der Waals surface area contributed by atoms with Crippen LogP contribution in [-0.4, -0.2) is 42.8 Å². The van der Waals surface area contributed by atoms with Gasteiger partial charge in [-0.15, -0.1) is 0 Å². The largest absolute Gasteiger partial charge is 0.396 e. The number of benzene rings is 1. The van der Waals surface area contributed by atoms with Crippen molar-refractivity contribution < 1.29 is 9.90 Å². The SMILES string of the molecule is N=C/C=C(/C(=N)Nc1ccc(N2CCC(CCCO)CC2)cc1)C(N)=O. The molecule has 7 heteroatoms. The molecule has 1 aliphatic heterocycles. The second-order valence-corrected chi connectivity index (χ2v) is 6.45. The quantitative estimate of drug-likeness (QED) is 0.277. The smallest absolute Gasteiger partial charge is 0.252 e. The first kappa shape index (κ1) is 19.7. The molecule has 0 atom stereocenters. The summed E-state index contributed by atoms with van der Waals surface area (Å²) in [5, 5.41) is 26.7. The second-order valence-electron chi connectivity index (χ2n) is 6.45. The maximum atomic E-state index is 11.3. The average molecular weight is 357 g/mol. The highest BCUT2D eigenvalue weighted by Crippen LogP contribution is 2.26. The fraction of sp³-hybridized carbons (Fsp3) is 0.421. The molecule has 1 fully saturated rings. The normalized spacial score (nSPS) is 15.6. The maximum Gasteiger partial charge on any atom is 0.252 e. The molecule has 2 rings (SSSR count). The van der Waals surface area contributed by atoms with Crippen molar-refractivity contribution in [2.45, 2.75) is 25.7 Å². The fourth-order valence-corrected chi connectivity index (χ4v) is 3.20. The van der Waals surface area contributed by atoms with E-state index in [0.717, 1.165) is 50.7 Å². The van der Waals surface area contributed by atoms with Crippen LogP contribution in [0.4, 0.5) is 11.4 Å². The Balaban J connectivity index is 1.92. The van der Waals surface area contributed by atoms with E-state index >= 15 is 0 Å². The van der Waals surface area contributed by atoms with Crippen LogP contribution in [-0.2, 0) is 4.79 Å². The minimum absolute atomic E-state index is 0.0333. The third-order valence-electron chi connectivity index (χ3n) is 4.67. The number of aliphatic hydroxyl groups excluding tert-OH is 1. The Bertz CT molecular complexity index is 661. The summed E-state index contributed by atoms with van der Waals surface area (Å²) in [7, 11) is 0. The summed E-state index contributed by atoms with van der Waals surface area (Å²) < 4.78 is 0. The van der Waals surface area contributed by atoms with Gasteiger partial charge in [-0.2, -0.15) is 0 Å². The molecule has 1 amide bonds. The summed E-state index contributed by atoms with van der Waals surface area (Å²) in [5.74, 6) is -0.169. The standard InChI is InChI=1S/C19H27N5O2/c20-10-7-17(19(22)26)18(21)23-15-3-5-16(6-4-15)24-11-8-14(9-12-24)2-1-13-25/h3-7,10,14,20,25H,1-2,8-9,11-13H2,(H2,21,23)(H2,22,26)/b17-7-,20-10?. The van der Waals surface area contributed by atoms with Crippen LogP contribution >= 0.6 is 0 Å². The van der Waals surface area contributed by atoms with Crippen LogP contribution in [0.5, 0.6) is 0 Å². The van der Waals surface area contributed by atoms with E-state index in [9.17, 15) is 4.79 Å². The molecular weight excluding hydrogens is 330 g/mol. The molecule has 1 saturated heterocycles. The van der Waals surface area contributed by atoms with Crippen LogP contribution < -0.4 is 16.0 Å². The highest BCUT2D eigenvalue weighted by molar-refractivity contribution is 6.25. The van der Waals surface area contributed by atoms with Crippen molar-refractivity contribution in [3.63, 3.8) is 0 Å². The summed E-state index contributed by atoms with van der Waals surface area (Å²) in [6.07, 6.45) is 6.40. The van der Waals surface area contributed by atoms with E-state index in [1.165, 1.54) is 6.08 Å². The van der Waals surface area contributed by atoms with Crippen molar-refractivity contribution in [3.8, 4) is 0 Å². The van der Waals surface area contributed by atoms with Crippen LogP contribution in [0.2, 0.25) is 0 Å². The predicted octanol–water partition coefficient (Wildman–Crippen LogP) is 2.13. The molecule has 0 unspecified atom stereocenters. The van der Waals surface area contributed by atoms with Crippen molar-refractivity contribution in [2.75, 3.05) is 29.9 Å². The molecule has 6 N–H and O–H groups in total. The van der Waals surface area contributed by atoms with Gasteiger partial charge in [0.2, 0.25) is 0 Å². The number of hydrogen-bond acceptors (Lipinski definition) is 5. The molecular formula is C19H27N5O2. The molecule has 1 aliphatic rings. The highest BCUT2D eigenvalue weighted by Gasteiger charge is 2.19. The average Bonchev–Trinajstić information content (AvgIpc) is 2.65. The lowest BCUT2D eigenvalue weighted by atomic mass is 9.92. The number of rotatable bonds is 8. The zero-order valence-corrected chi connectivity index (χ0v) is 14.9. The molecule has 1 aromatic rings. The number of aliphatic hydroxyl groups is 1. The molecule has 1 aromatic carbocycles. The third-order valence-corrected chi connectivity index (χ3v) is 4.67. The summed E-state index contributed by atoms with van der Waals surface area (Å²) in [6, 6.07) is 7.72. The monoisotopic (exact) mass is 357 g/mol. The van der Waals surface area contributed by atoms with Gasteiger partial charge in [0, 0.05) is 37.3 Å². The van der Waals surface area contributed by atoms with Crippen molar-refractivity contribution in [2.24, 2.45) is 11.7 Å². The lowest BCUT2D eigenvalue weighted by molar-refractivity contribution is -0.114. The van der Waals surface area contributed by atoms with Gasteiger partial charge in [0.15, 0.2) is 0 Å². The molecule has 140 valence electrons. The van der Waals surface area contributed by atoms with Gasteiger partial charge in [0.05, 0.1) is 5.57 Å². The Kier molecular flexibility index (Phi) is 7.35. The topological polar surface area (TPSA) is 126 Å². The van der Waals surface area contributed by atoms with Crippen molar-refractivity contribution in [1.29, 1.82) is 10.8 Å². The Morgan fingerprint density at radius 2 is 1.96 bits per heavy atom. The first-order chi connectivity index (χ1) is 12.5. The van der Waals surface area contributed by atoms with Crippen molar-refractivity contribution >= 4 is 29.3 Å². The third kappa shape index (κ3) is 5.42. The molecule has 0 bridgehead atoms. The number of amidine groups is 1. The number of anilines is 2. The minimum Gasteiger partial charge on any atom is -0.396 e. The van der Waals surface area contributed by atoms with E-state index in [-0.39, 0.29) is 18.0 Å². The maximum absolute atomic E-state index is 11.3. The van der Waals surface area contributed by atoms with Crippen LogP contribution in [0.15, 0.2) is 35.9 Å². The molecule has 0 radical (unpaired) electrons. The van der Waals surface area contributed by atoms with Gasteiger partial charge in [-0.05, 0) is 61.9 Å². The molecule has 26 heavy (non-hydrogen) atoms. The molecule has 0 spiro atoms. The predicted molar refractivity (Wildman–Crippen MR) is 105 cm³/mol. The van der Waals surface area contributed by atoms with E-state index in [0.29, 0.717) is 11.6 Å². The van der Waals surface area contributed by atoms with Gasteiger partial charge in [-0.1, -0.05) is 0 Å².